The molecule has 1 N–H and O–H groups in total. The van der Waals surface area contributed by atoms with Gasteiger partial charge in [0.15, 0.2) is 0 Å². The smallest absolute Gasteiger partial charge is 0.309 e. The molecule has 1 amide bonds. The first-order chi connectivity index (χ1) is 9.20. The van der Waals surface area contributed by atoms with Crippen molar-refractivity contribution in [1.29, 1.82) is 0 Å². The summed E-state index contributed by atoms with van der Waals surface area (Å²) in [5.74, 6) is -0.0612. The summed E-state index contributed by atoms with van der Waals surface area (Å²) in [6.45, 7) is 9.57. The minimum atomic E-state index is -0.795. The number of carbonyl (C=O) groups excluding carboxylic acids is 1. The van der Waals surface area contributed by atoms with Crippen LogP contribution in [0.25, 0.3) is 0 Å². The highest BCUT2D eigenvalue weighted by Gasteiger charge is 2.58. The molecule has 1 heterocycles. The van der Waals surface area contributed by atoms with E-state index in [2.05, 4.69) is 6.92 Å². The molecule has 1 saturated heterocycles. The molecule has 114 valence electrons. The molecule has 20 heavy (non-hydrogen) atoms. The molecule has 2 fully saturated rings. The number of hydrogen-bond acceptors (Lipinski definition) is 2. The lowest BCUT2D eigenvalue weighted by Gasteiger charge is -2.40. The summed E-state index contributed by atoms with van der Waals surface area (Å²) >= 11 is 0. The number of likely N-dealkylation sites (tertiary alicyclic amines) is 1. The molecule has 4 heteroatoms. The maximum atomic E-state index is 12.8. The normalized spacial score (nSPS) is 34.2. The van der Waals surface area contributed by atoms with E-state index >= 15 is 0 Å². The van der Waals surface area contributed by atoms with Crippen molar-refractivity contribution in [3.8, 4) is 0 Å². The summed E-state index contributed by atoms with van der Waals surface area (Å²) in [7, 11) is 0. The largest absolute Gasteiger partial charge is 0.481 e. The fraction of sp³-hybridized carbons (Fsp3) is 0.875. The third-order valence-electron chi connectivity index (χ3n) is 6.09. The van der Waals surface area contributed by atoms with Gasteiger partial charge in [0.05, 0.1) is 5.41 Å². The Morgan fingerprint density at radius 3 is 2.10 bits per heavy atom. The van der Waals surface area contributed by atoms with Gasteiger partial charge in [0, 0.05) is 19.0 Å². The second kappa shape index (κ2) is 5.05. The van der Waals surface area contributed by atoms with Crippen LogP contribution >= 0.6 is 0 Å². The Bertz CT molecular complexity index is 410. The van der Waals surface area contributed by atoms with Crippen molar-refractivity contribution in [1.82, 2.24) is 4.90 Å². The number of nitrogens with zero attached hydrogens (tertiary/aromatic N) is 1. The van der Waals surface area contributed by atoms with E-state index in [0.717, 1.165) is 25.9 Å². The van der Waals surface area contributed by atoms with Crippen LogP contribution in [0.4, 0.5) is 0 Å². The summed E-state index contributed by atoms with van der Waals surface area (Å²) in [4.78, 5) is 26.3. The number of rotatable bonds is 2. The van der Waals surface area contributed by atoms with Gasteiger partial charge in [-0.1, -0.05) is 20.8 Å². The van der Waals surface area contributed by atoms with Crippen LogP contribution in [0.1, 0.15) is 53.4 Å². The number of carboxylic acid groups (broad SMARTS) is 1. The van der Waals surface area contributed by atoms with Gasteiger partial charge >= 0.3 is 5.97 Å². The topological polar surface area (TPSA) is 57.6 Å². The summed E-state index contributed by atoms with van der Waals surface area (Å²) in [6.07, 6.45) is 3.42. The SMILES string of the molecule is CC1CCN(C(=O)[C@H]2CC[C@@](C)(C(=O)O)C2(C)C)CC1. The van der Waals surface area contributed by atoms with Crippen molar-refractivity contribution in [2.75, 3.05) is 13.1 Å². The first-order valence-electron chi connectivity index (χ1n) is 7.72. The average molecular weight is 281 g/mol. The lowest BCUT2D eigenvalue weighted by Crippen LogP contribution is -2.48. The zero-order valence-electron chi connectivity index (χ0n) is 13.1. The maximum absolute atomic E-state index is 12.8. The predicted molar refractivity (Wildman–Crippen MR) is 77.2 cm³/mol. The van der Waals surface area contributed by atoms with Gasteiger partial charge < -0.3 is 10.0 Å². The second-order valence-corrected chi connectivity index (χ2v) is 7.46. The number of amides is 1. The molecule has 0 bridgehead atoms. The summed E-state index contributed by atoms with van der Waals surface area (Å²) in [6, 6.07) is 0. The summed E-state index contributed by atoms with van der Waals surface area (Å²) < 4.78 is 0. The number of piperidine rings is 1. The van der Waals surface area contributed by atoms with Crippen molar-refractivity contribution in [3.05, 3.63) is 0 Å². The lowest BCUT2D eigenvalue weighted by molar-refractivity contribution is -0.156. The van der Waals surface area contributed by atoms with Crippen LogP contribution in [0.3, 0.4) is 0 Å². The van der Waals surface area contributed by atoms with Crippen LogP contribution in [0.15, 0.2) is 0 Å². The minimum absolute atomic E-state index is 0.156. The van der Waals surface area contributed by atoms with E-state index in [1.165, 1.54) is 0 Å². The highest BCUT2D eigenvalue weighted by atomic mass is 16.4. The number of carbonyl (C=O) groups is 2. The van der Waals surface area contributed by atoms with E-state index < -0.39 is 16.8 Å². The van der Waals surface area contributed by atoms with Crippen LogP contribution in [0.2, 0.25) is 0 Å². The molecule has 4 nitrogen and oxygen atoms in total. The van der Waals surface area contributed by atoms with Crippen LogP contribution < -0.4 is 0 Å². The van der Waals surface area contributed by atoms with Gasteiger partial charge in [-0.2, -0.15) is 0 Å². The van der Waals surface area contributed by atoms with Crippen molar-refractivity contribution in [2.24, 2.45) is 22.7 Å². The zero-order valence-corrected chi connectivity index (χ0v) is 13.1. The molecule has 0 unspecified atom stereocenters. The van der Waals surface area contributed by atoms with E-state index in [-0.39, 0.29) is 11.8 Å². The predicted octanol–water partition coefficient (Wildman–Crippen LogP) is 2.77. The van der Waals surface area contributed by atoms with E-state index in [0.29, 0.717) is 18.8 Å². The summed E-state index contributed by atoms with van der Waals surface area (Å²) in [5, 5.41) is 9.53. The molecule has 1 saturated carbocycles. The summed E-state index contributed by atoms with van der Waals surface area (Å²) in [5.41, 5.74) is -1.28. The van der Waals surface area contributed by atoms with Gasteiger partial charge in [0.1, 0.15) is 0 Å². The van der Waals surface area contributed by atoms with Gasteiger partial charge in [-0.15, -0.1) is 0 Å². The molecule has 2 atom stereocenters. The van der Waals surface area contributed by atoms with Crippen molar-refractivity contribution >= 4 is 11.9 Å². The molecule has 1 aliphatic carbocycles. The Morgan fingerprint density at radius 1 is 1.10 bits per heavy atom. The lowest BCUT2D eigenvalue weighted by atomic mass is 9.65. The molecular formula is C16H27NO3. The fourth-order valence-corrected chi connectivity index (χ4v) is 3.76. The Kier molecular flexibility index (Phi) is 3.87. The quantitative estimate of drug-likeness (QED) is 0.846. The van der Waals surface area contributed by atoms with Crippen LogP contribution in [0, 0.1) is 22.7 Å². The van der Waals surface area contributed by atoms with Crippen molar-refractivity contribution in [3.63, 3.8) is 0 Å². The van der Waals surface area contributed by atoms with Gasteiger partial charge in [-0.3, -0.25) is 9.59 Å². The average Bonchev–Trinajstić information content (AvgIpc) is 2.62. The zero-order chi connectivity index (χ0) is 15.1. The number of carboxylic acids is 1. The standard InChI is InChI=1S/C16H27NO3/c1-11-6-9-17(10-7-11)13(18)12-5-8-16(4,14(19)20)15(12,2)3/h11-12H,5-10H2,1-4H3,(H,19,20)/t12-,16+/m1/s1. The Hall–Kier alpha value is -1.06. The molecule has 0 aromatic rings. The van der Waals surface area contributed by atoms with Crippen molar-refractivity contribution < 1.29 is 14.7 Å². The van der Waals surface area contributed by atoms with E-state index in [1.54, 1.807) is 6.92 Å². The second-order valence-electron chi connectivity index (χ2n) is 7.46. The van der Waals surface area contributed by atoms with Crippen LogP contribution in [0.5, 0.6) is 0 Å². The van der Waals surface area contributed by atoms with Gasteiger partial charge in [-0.05, 0) is 43.9 Å². The highest BCUT2D eigenvalue weighted by Crippen LogP contribution is 2.56. The Labute approximate surface area is 121 Å². The highest BCUT2D eigenvalue weighted by molar-refractivity contribution is 5.84. The molecule has 0 radical (unpaired) electrons. The molecule has 0 spiro atoms. The molecule has 0 aromatic carbocycles. The van der Waals surface area contributed by atoms with Crippen molar-refractivity contribution in [2.45, 2.75) is 53.4 Å². The Balaban J connectivity index is 2.14. The monoisotopic (exact) mass is 281 g/mol. The maximum Gasteiger partial charge on any atom is 0.309 e. The number of aliphatic carboxylic acids is 1. The number of hydrogen-bond donors (Lipinski definition) is 1. The first-order valence-corrected chi connectivity index (χ1v) is 7.72. The minimum Gasteiger partial charge on any atom is -0.481 e. The molecule has 2 aliphatic rings. The molecule has 2 rings (SSSR count). The molecule has 0 aromatic heterocycles. The van der Waals surface area contributed by atoms with Gasteiger partial charge in [0.2, 0.25) is 5.91 Å². The third-order valence-corrected chi connectivity index (χ3v) is 6.09. The van der Waals surface area contributed by atoms with E-state index in [1.807, 2.05) is 18.7 Å². The van der Waals surface area contributed by atoms with Crippen LogP contribution in [-0.4, -0.2) is 35.0 Å². The van der Waals surface area contributed by atoms with E-state index in [9.17, 15) is 14.7 Å². The van der Waals surface area contributed by atoms with Gasteiger partial charge in [-0.25, -0.2) is 0 Å². The van der Waals surface area contributed by atoms with E-state index in [4.69, 9.17) is 0 Å². The Morgan fingerprint density at radius 2 is 1.65 bits per heavy atom. The first kappa shape index (κ1) is 15.3. The molecular weight excluding hydrogens is 254 g/mol. The van der Waals surface area contributed by atoms with Crippen LogP contribution in [-0.2, 0) is 9.59 Å². The third kappa shape index (κ3) is 2.23. The molecule has 1 aliphatic heterocycles. The fourth-order valence-electron chi connectivity index (χ4n) is 3.76. The van der Waals surface area contributed by atoms with Gasteiger partial charge in [0.25, 0.3) is 0 Å².